The number of hydrogen-bond acceptors (Lipinski definition) is 1. The van der Waals surface area contributed by atoms with Crippen molar-refractivity contribution in [1.29, 1.82) is 0 Å². The normalized spacial score (nSPS) is 14.8. The van der Waals surface area contributed by atoms with E-state index in [1.807, 2.05) is 91.0 Å². The average molecular weight is 821 g/mol. The lowest BCUT2D eigenvalue weighted by molar-refractivity contribution is 0.869. The number of anilines is 3. The second kappa shape index (κ2) is 16.7. The Morgan fingerprint density at radius 3 is 1.60 bits per heavy atom. The highest BCUT2D eigenvalue weighted by atomic mass is 15.1. The van der Waals surface area contributed by atoms with Crippen molar-refractivity contribution < 1.29 is 21.9 Å². The maximum atomic E-state index is 9.84. The highest BCUT2D eigenvalue weighted by molar-refractivity contribution is 6.09. The Morgan fingerprint density at radius 1 is 0.333 bits per heavy atom. The molecule has 0 fully saturated rings. The molecule has 11 rings (SSSR count). The summed E-state index contributed by atoms with van der Waals surface area (Å²) < 4.78 is 148. The predicted molar refractivity (Wildman–Crippen MR) is 267 cm³/mol. The van der Waals surface area contributed by atoms with Gasteiger partial charge in [-0.1, -0.05) is 194 Å². The van der Waals surface area contributed by atoms with Crippen LogP contribution in [0.5, 0.6) is 0 Å². The Kier molecular flexibility index (Phi) is 6.44. The summed E-state index contributed by atoms with van der Waals surface area (Å²) in [6.07, 6.45) is 0. The van der Waals surface area contributed by atoms with Crippen LogP contribution in [-0.4, -0.2) is 4.57 Å². The van der Waals surface area contributed by atoms with Crippen LogP contribution in [0.1, 0.15) is 27.5 Å². The predicted octanol–water partition coefficient (Wildman–Crippen LogP) is 16.6. The van der Waals surface area contributed by atoms with Crippen LogP contribution in [-0.2, 0) is 6.54 Å². The van der Waals surface area contributed by atoms with Gasteiger partial charge in [0.25, 0.3) is 0 Å². The molecule has 2 heteroatoms. The van der Waals surface area contributed by atoms with E-state index in [9.17, 15) is 8.22 Å². The molecule has 0 spiro atoms. The van der Waals surface area contributed by atoms with Gasteiger partial charge < -0.3 is 9.47 Å². The Hall–Kier alpha value is -8.20. The number of aromatic nitrogens is 1. The zero-order valence-electron chi connectivity index (χ0n) is 49.6. The molecule has 1 aromatic heterocycles. The van der Waals surface area contributed by atoms with Crippen molar-refractivity contribution in [3.63, 3.8) is 0 Å². The van der Waals surface area contributed by atoms with Gasteiger partial charge in [-0.3, -0.25) is 0 Å². The second-order valence-corrected chi connectivity index (χ2v) is 14.9. The van der Waals surface area contributed by atoms with Gasteiger partial charge in [-0.25, -0.2) is 0 Å². The van der Waals surface area contributed by atoms with E-state index in [1.165, 1.54) is 11.0 Å². The number of hydrogen-bond donors (Lipinski definition) is 0. The minimum absolute atomic E-state index is 0.0175. The van der Waals surface area contributed by atoms with Crippen LogP contribution in [0.4, 0.5) is 17.1 Å². The van der Waals surface area contributed by atoms with Crippen LogP contribution in [0.3, 0.4) is 0 Å². The van der Waals surface area contributed by atoms with Crippen molar-refractivity contribution in [3.8, 4) is 55.6 Å². The molecule has 0 amide bonds. The van der Waals surface area contributed by atoms with Crippen LogP contribution in [0.25, 0.3) is 77.4 Å². The molecule has 10 aromatic carbocycles. The van der Waals surface area contributed by atoms with Crippen molar-refractivity contribution in [2.75, 3.05) is 4.90 Å². The number of para-hydroxylation sites is 1. The molecule has 0 aliphatic rings. The summed E-state index contributed by atoms with van der Waals surface area (Å²) in [6, 6.07) is 38.1. The van der Waals surface area contributed by atoms with E-state index in [-0.39, 0.29) is 28.2 Å². The first-order valence-corrected chi connectivity index (χ1v) is 20.4. The molecule has 0 unspecified atom stereocenters. The topological polar surface area (TPSA) is 8.17 Å². The van der Waals surface area contributed by atoms with Crippen LogP contribution in [0, 0.1) is 0 Å². The highest BCUT2D eigenvalue weighted by Gasteiger charge is 2.18. The molecule has 11 aromatic rings. The summed E-state index contributed by atoms with van der Waals surface area (Å²) in [5, 5.41) is 1.72. The Morgan fingerprint density at radius 2 is 0.889 bits per heavy atom. The van der Waals surface area contributed by atoms with E-state index in [1.54, 1.807) is 30.3 Å². The molecule has 0 N–H and O–H groups in total. The van der Waals surface area contributed by atoms with Crippen LogP contribution < -0.4 is 4.90 Å². The van der Waals surface area contributed by atoms with Gasteiger partial charge in [0.1, 0.15) is 0 Å². The van der Waals surface area contributed by atoms with Gasteiger partial charge >= 0.3 is 0 Å². The van der Waals surface area contributed by atoms with E-state index in [2.05, 4.69) is 34.9 Å². The summed E-state index contributed by atoms with van der Waals surface area (Å²) in [7, 11) is 0. The maximum Gasteiger partial charge on any atom is 0.0645 e. The Bertz CT molecular complexity index is 4210. The molecule has 0 bridgehead atoms. The molecule has 0 aliphatic heterocycles. The monoisotopic (exact) mass is 820 g/mol. The SMILES string of the molecule is [2H]c1c(N(c2ccc(-c3ccccc3)cc2)c2c([2H])c([2H])c(-c3ccc4c(c3)c3ccccc3n4Cc3cccc(-c4ccccc4)c3)c([2H])c2[2H])cc(-c2c([2H])c([2H])c([2H])c([2H])c2[2H])c(-c2c([2H])c([2H])c([2H])c([2H])c2[2H])c1[2H]. The molecule has 298 valence electrons. The molecule has 0 saturated carbocycles. The fourth-order valence-electron chi connectivity index (χ4n) is 8.14. The molecule has 1 heterocycles. The minimum atomic E-state index is -0.785. The number of fused-ring (bicyclic) bond motifs is 3. The number of rotatable bonds is 10. The summed E-state index contributed by atoms with van der Waals surface area (Å²) in [5.74, 6) is 0. The van der Waals surface area contributed by atoms with Crippen molar-refractivity contribution in [3.05, 3.63) is 260 Å². The van der Waals surface area contributed by atoms with Crippen LogP contribution in [0.2, 0.25) is 0 Å². The largest absolute Gasteiger partial charge is 0.336 e. The van der Waals surface area contributed by atoms with Gasteiger partial charge in [0.15, 0.2) is 0 Å². The fraction of sp³-hybridized carbons (Fsp3) is 0.0164. The van der Waals surface area contributed by atoms with E-state index >= 15 is 0 Å². The van der Waals surface area contributed by atoms with Crippen LogP contribution >= 0.6 is 0 Å². The zero-order chi connectivity index (χ0) is 55.9. The standard InChI is InChI=1S/C61H44N2/c1-5-17-45(18-6-1)47-28-33-53(34-29-47)63(55-37-38-56(49-21-9-3-10-22-49)58(42-55)50-23-11-4-12-24-50)54-35-30-48(31-36-54)52-32-39-61-59(41-52)57-26-13-14-27-60(57)62(61)43-44-16-15-25-51(40-44)46-19-7-2-8-20-46/h1-42H,43H2/i3D,4D,9D,10D,11D,12D,21D,22D,23D,24D,30D,31D,35D,36D,37D,38D. The van der Waals surface area contributed by atoms with Gasteiger partial charge in [-0.05, 0) is 122 Å². The van der Waals surface area contributed by atoms with Gasteiger partial charge in [0.2, 0.25) is 0 Å². The van der Waals surface area contributed by atoms with Gasteiger partial charge in [0, 0.05) is 45.4 Å². The van der Waals surface area contributed by atoms with Gasteiger partial charge in [-0.15, -0.1) is 0 Å². The molecular formula is C61H44N2. The zero-order valence-corrected chi connectivity index (χ0v) is 33.6. The molecule has 0 saturated heterocycles. The third kappa shape index (κ3) is 7.49. The molecule has 2 nitrogen and oxygen atoms in total. The first-order chi connectivity index (χ1) is 37.9. The van der Waals surface area contributed by atoms with Crippen molar-refractivity contribution in [2.24, 2.45) is 0 Å². The van der Waals surface area contributed by atoms with E-state index < -0.39 is 113 Å². The maximum absolute atomic E-state index is 9.84. The second-order valence-electron chi connectivity index (χ2n) is 14.9. The number of benzene rings is 10. The molecule has 63 heavy (non-hydrogen) atoms. The minimum Gasteiger partial charge on any atom is -0.336 e. The fourth-order valence-corrected chi connectivity index (χ4v) is 8.14. The van der Waals surface area contributed by atoms with E-state index in [0.29, 0.717) is 12.1 Å². The van der Waals surface area contributed by atoms with E-state index in [4.69, 9.17) is 13.7 Å². The first kappa shape index (κ1) is 24.3. The first-order valence-electron chi connectivity index (χ1n) is 28.4. The lowest BCUT2D eigenvalue weighted by atomic mass is 9.93. The summed E-state index contributed by atoms with van der Waals surface area (Å²) in [5.41, 5.74) is 4.55. The van der Waals surface area contributed by atoms with Crippen LogP contribution in [0.15, 0.2) is 254 Å². The average Bonchev–Trinajstić information content (AvgIpc) is 4.02. The Balaban J connectivity index is 1.14. The lowest BCUT2D eigenvalue weighted by Gasteiger charge is -2.27. The number of nitrogens with zero attached hydrogens (tertiary/aromatic N) is 2. The quantitative estimate of drug-likeness (QED) is 0.133. The molecule has 0 radical (unpaired) electrons. The lowest BCUT2D eigenvalue weighted by Crippen LogP contribution is -2.10. The van der Waals surface area contributed by atoms with Gasteiger partial charge in [0.05, 0.1) is 21.9 Å². The van der Waals surface area contributed by atoms with E-state index in [0.717, 1.165) is 49.6 Å². The summed E-state index contributed by atoms with van der Waals surface area (Å²) in [6.45, 7) is 0.529. The molecule has 0 atom stereocenters. The van der Waals surface area contributed by atoms with Gasteiger partial charge in [-0.2, -0.15) is 0 Å². The van der Waals surface area contributed by atoms with Crippen molar-refractivity contribution in [2.45, 2.75) is 6.54 Å². The third-order valence-electron chi connectivity index (χ3n) is 11.1. The summed E-state index contributed by atoms with van der Waals surface area (Å²) in [4.78, 5) is 1.24. The molecule has 0 aliphatic carbocycles. The highest BCUT2D eigenvalue weighted by Crippen LogP contribution is 2.42. The third-order valence-corrected chi connectivity index (χ3v) is 11.1. The van der Waals surface area contributed by atoms with Crippen molar-refractivity contribution in [1.82, 2.24) is 4.57 Å². The smallest absolute Gasteiger partial charge is 0.0645 e. The van der Waals surface area contributed by atoms with Crippen molar-refractivity contribution >= 4 is 38.9 Å². The summed E-state index contributed by atoms with van der Waals surface area (Å²) >= 11 is 0. The Labute approximate surface area is 391 Å². The molecular weight excluding hydrogens is 761 g/mol.